The lowest BCUT2D eigenvalue weighted by atomic mass is 9.76. The first-order chi connectivity index (χ1) is 19.6. The van der Waals surface area contributed by atoms with Crippen LogP contribution >= 0.6 is 0 Å². The lowest BCUT2D eigenvalue weighted by Crippen LogP contribution is -2.47. The van der Waals surface area contributed by atoms with E-state index in [1.807, 2.05) is 0 Å². The third-order valence-corrected chi connectivity index (χ3v) is 7.29. The van der Waals surface area contributed by atoms with E-state index in [0.717, 1.165) is 12.1 Å². The van der Waals surface area contributed by atoms with E-state index in [0.29, 0.717) is 33.4 Å². The van der Waals surface area contributed by atoms with Gasteiger partial charge in [-0.3, -0.25) is 14.5 Å². The Kier molecular flexibility index (Phi) is 7.37. The summed E-state index contributed by atoms with van der Waals surface area (Å²) in [4.78, 5) is 27.5. The van der Waals surface area contributed by atoms with Gasteiger partial charge < -0.3 is 19.5 Å². The number of methoxy groups -OCH3 is 3. The Labute approximate surface area is 233 Å². The Bertz CT molecular complexity index is 1510. The van der Waals surface area contributed by atoms with Crippen molar-refractivity contribution in [3.05, 3.63) is 89.4 Å². The molecule has 2 aliphatic rings. The fraction of sp³-hybridized carbons (Fsp3) is 0.267. The predicted octanol–water partition coefficient (Wildman–Crippen LogP) is 6.17. The average Bonchev–Trinajstić information content (AvgIpc) is 3.10. The molecule has 1 heterocycles. The molecule has 1 aliphatic heterocycles. The number of fused-ring (bicyclic) bond motifs is 2. The van der Waals surface area contributed by atoms with Crippen molar-refractivity contribution in [2.24, 2.45) is 5.92 Å². The highest BCUT2D eigenvalue weighted by atomic mass is 19.4. The lowest BCUT2D eigenvalue weighted by Gasteiger charge is -2.37. The molecule has 3 aromatic carbocycles. The summed E-state index contributed by atoms with van der Waals surface area (Å²) in [6.07, 6.45) is -3.62. The molecule has 5 rings (SSSR count). The molecule has 3 aromatic rings. The molecule has 0 saturated carbocycles. The number of halogens is 4. The van der Waals surface area contributed by atoms with Crippen LogP contribution in [0.4, 0.5) is 28.9 Å². The summed E-state index contributed by atoms with van der Waals surface area (Å²) in [5.41, 5.74) is 1.09. The number of para-hydroxylation sites is 2. The number of hydrogen-bond acceptors (Lipinski definition) is 6. The fourth-order valence-corrected chi connectivity index (χ4v) is 5.54. The highest BCUT2D eigenvalue weighted by Crippen LogP contribution is 2.50. The molecule has 0 spiro atoms. The van der Waals surface area contributed by atoms with Gasteiger partial charge in [0.2, 0.25) is 5.75 Å². The van der Waals surface area contributed by atoms with E-state index in [2.05, 4.69) is 5.32 Å². The van der Waals surface area contributed by atoms with Crippen molar-refractivity contribution in [2.75, 3.05) is 31.5 Å². The molecular formula is C30H26F4N2O5. The molecule has 214 valence electrons. The van der Waals surface area contributed by atoms with E-state index in [1.54, 1.807) is 24.3 Å². The Morgan fingerprint density at radius 3 is 2.22 bits per heavy atom. The summed E-state index contributed by atoms with van der Waals surface area (Å²) in [5.74, 6) is -3.98. The molecule has 11 heteroatoms. The van der Waals surface area contributed by atoms with Gasteiger partial charge in [-0.25, -0.2) is 4.39 Å². The average molecular weight is 571 g/mol. The highest BCUT2D eigenvalue weighted by Gasteiger charge is 2.51. The Hall–Kier alpha value is -4.54. The summed E-state index contributed by atoms with van der Waals surface area (Å²) in [5, 5.41) is 3.12. The lowest BCUT2D eigenvalue weighted by molar-refractivity contribution is -0.171. The van der Waals surface area contributed by atoms with Crippen LogP contribution in [0.15, 0.2) is 72.4 Å². The molecule has 3 unspecified atom stereocenters. The van der Waals surface area contributed by atoms with Crippen molar-refractivity contribution in [3.8, 4) is 17.2 Å². The van der Waals surface area contributed by atoms with Gasteiger partial charge in [-0.15, -0.1) is 0 Å². The molecule has 1 amide bonds. The van der Waals surface area contributed by atoms with Crippen LogP contribution in [0.2, 0.25) is 0 Å². The second-order valence-electron chi connectivity index (χ2n) is 9.65. The Balaban J connectivity index is 1.72. The van der Waals surface area contributed by atoms with E-state index in [9.17, 15) is 27.2 Å². The van der Waals surface area contributed by atoms with E-state index in [4.69, 9.17) is 14.2 Å². The van der Waals surface area contributed by atoms with Crippen LogP contribution in [0.3, 0.4) is 0 Å². The summed E-state index contributed by atoms with van der Waals surface area (Å²) in [7, 11) is 4.38. The van der Waals surface area contributed by atoms with Crippen LogP contribution in [0.25, 0.3) is 0 Å². The minimum Gasteiger partial charge on any atom is -0.493 e. The van der Waals surface area contributed by atoms with Crippen molar-refractivity contribution < 1.29 is 41.4 Å². The first kappa shape index (κ1) is 28.0. The highest BCUT2D eigenvalue weighted by molar-refractivity contribution is 6.03. The number of ketones is 1. The maximum Gasteiger partial charge on any atom is 0.471 e. The van der Waals surface area contributed by atoms with Gasteiger partial charge >= 0.3 is 12.1 Å². The molecule has 0 saturated heterocycles. The second kappa shape index (κ2) is 10.8. The van der Waals surface area contributed by atoms with Gasteiger partial charge in [0.05, 0.1) is 44.7 Å². The second-order valence-corrected chi connectivity index (χ2v) is 9.65. The third kappa shape index (κ3) is 5.07. The number of Topliss-reactive ketones (excluding diaryl/α,β-unsaturated/α-hetero) is 1. The van der Waals surface area contributed by atoms with E-state index in [-0.39, 0.29) is 23.4 Å². The van der Waals surface area contributed by atoms with Gasteiger partial charge in [-0.05, 0) is 47.5 Å². The van der Waals surface area contributed by atoms with Crippen LogP contribution < -0.4 is 24.4 Å². The number of nitrogens with one attached hydrogen (secondary N) is 1. The van der Waals surface area contributed by atoms with Crippen LogP contribution in [-0.2, 0) is 9.59 Å². The minimum absolute atomic E-state index is 0.0524. The zero-order valence-electron chi connectivity index (χ0n) is 22.3. The molecule has 41 heavy (non-hydrogen) atoms. The topological polar surface area (TPSA) is 77.1 Å². The van der Waals surface area contributed by atoms with Gasteiger partial charge in [0.15, 0.2) is 11.5 Å². The number of alkyl halides is 3. The predicted molar refractivity (Wildman–Crippen MR) is 143 cm³/mol. The number of rotatable bonds is 5. The number of allylic oxidation sites excluding steroid dienone is 1. The largest absolute Gasteiger partial charge is 0.493 e. The van der Waals surface area contributed by atoms with Gasteiger partial charge in [-0.1, -0.05) is 30.3 Å². The number of carbonyl (C=O) groups is 2. The number of nitrogens with zero attached hydrogens (tertiary/aromatic N) is 1. The SMILES string of the molecule is COc1cc(C2C=C3Nc4ccccc4N(C(=O)C(F)(F)F)C(c4cccc(F)c4)C3C(=O)C2)cc(OC)c1OC. The number of amides is 1. The van der Waals surface area contributed by atoms with Crippen molar-refractivity contribution in [1.29, 1.82) is 0 Å². The maximum absolute atomic E-state index is 14.4. The van der Waals surface area contributed by atoms with E-state index in [1.165, 1.54) is 51.7 Å². The summed E-state index contributed by atoms with van der Waals surface area (Å²) in [6.45, 7) is 0. The molecule has 1 aliphatic carbocycles. The van der Waals surface area contributed by atoms with Crippen molar-refractivity contribution in [1.82, 2.24) is 0 Å². The maximum atomic E-state index is 14.4. The van der Waals surface area contributed by atoms with E-state index < -0.39 is 41.6 Å². The van der Waals surface area contributed by atoms with Crippen molar-refractivity contribution >= 4 is 23.1 Å². The van der Waals surface area contributed by atoms with Gasteiger partial charge in [-0.2, -0.15) is 13.2 Å². The molecule has 7 nitrogen and oxygen atoms in total. The number of anilines is 2. The quantitative estimate of drug-likeness (QED) is 0.370. The number of hydrogen-bond donors (Lipinski definition) is 1. The van der Waals surface area contributed by atoms with E-state index >= 15 is 0 Å². The molecule has 0 fully saturated rings. The molecular weight excluding hydrogens is 544 g/mol. The normalized spacial score (nSPS) is 20.2. The first-order valence-electron chi connectivity index (χ1n) is 12.6. The fourth-order valence-electron chi connectivity index (χ4n) is 5.54. The zero-order chi connectivity index (χ0) is 29.5. The van der Waals surface area contributed by atoms with Crippen molar-refractivity contribution in [2.45, 2.75) is 24.6 Å². The van der Waals surface area contributed by atoms with Crippen LogP contribution in [0, 0.1) is 11.7 Å². The molecule has 0 bridgehead atoms. The molecule has 0 aromatic heterocycles. The molecule has 1 N–H and O–H groups in total. The standard InChI is InChI=1S/C30H26F4N2O5/c1-39-24-14-18(15-25(40-2)28(24)41-3)17-12-21-26(23(37)13-17)27(16-7-6-8-19(31)11-16)36(29(38)30(32,33)34)22-10-5-4-9-20(22)35-21/h4-12,14-15,17,26-27,35H,13H2,1-3H3. The van der Waals surface area contributed by atoms with Crippen LogP contribution in [-0.4, -0.2) is 39.2 Å². The number of benzene rings is 3. The molecule has 0 radical (unpaired) electrons. The van der Waals surface area contributed by atoms with Gasteiger partial charge in [0.1, 0.15) is 11.6 Å². The van der Waals surface area contributed by atoms with Crippen LogP contribution in [0.1, 0.15) is 29.5 Å². The van der Waals surface area contributed by atoms with Crippen molar-refractivity contribution in [3.63, 3.8) is 0 Å². The summed E-state index contributed by atoms with van der Waals surface area (Å²) in [6, 6.07) is 12.8. The minimum atomic E-state index is -5.26. The van der Waals surface area contributed by atoms with Gasteiger partial charge in [0, 0.05) is 18.0 Å². The third-order valence-electron chi connectivity index (χ3n) is 7.29. The number of ether oxygens (including phenoxy) is 3. The Morgan fingerprint density at radius 1 is 0.927 bits per heavy atom. The summed E-state index contributed by atoms with van der Waals surface area (Å²) < 4.78 is 72.8. The number of carbonyl (C=O) groups excluding carboxylic acids is 2. The van der Waals surface area contributed by atoms with Crippen LogP contribution in [0.5, 0.6) is 17.2 Å². The van der Waals surface area contributed by atoms with Gasteiger partial charge in [0.25, 0.3) is 0 Å². The molecule has 3 atom stereocenters. The first-order valence-corrected chi connectivity index (χ1v) is 12.6. The zero-order valence-corrected chi connectivity index (χ0v) is 22.3. The summed E-state index contributed by atoms with van der Waals surface area (Å²) >= 11 is 0. The smallest absolute Gasteiger partial charge is 0.471 e. The monoisotopic (exact) mass is 570 g/mol. The Morgan fingerprint density at radius 2 is 1.61 bits per heavy atom.